The number of hydrogen-bond donors (Lipinski definition) is 2. The summed E-state index contributed by atoms with van der Waals surface area (Å²) in [6, 6.07) is 8.63. The minimum Gasteiger partial charge on any atom is -0.396 e. The Morgan fingerprint density at radius 1 is 1.42 bits per heavy atom. The Kier molecular flexibility index (Phi) is 4.93. The molecule has 1 aromatic carbocycles. The Bertz CT molecular complexity index is 390. The zero-order valence-electron chi connectivity index (χ0n) is 11.9. The fraction of sp³-hybridized carbons (Fsp3) is 0.625. The molecule has 0 spiro atoms. The van der Waals surface area contributed by atoms with Crippen molar-refractivity contribution in [3.05, 3.63) is 29.8 Å². The minimum atomic E-state index is -0.103. The predicted octanol–water partition coefficient (Wildman–Crippen LogP) is 3.08. The van der Waals surface area contributed by atoms with Crippen LogP contribution in [0.5, 0.6) is 0 Å². The van der Waals surface area contributed by atoms with Crippen LogP contribution >= 0.6 is 11.8 Å². The summed E-state index contributed by atoms with van der Waals surface area (Å²) in [6.07, 6.45) is 3.13. The van der Waals surface area contributed by atoms with Gasteiger partial charge in [0.25, 0.3) is 0 Å². The maximum absolute atomic E-state index is 9.81. The van der Waals surface area contributed by atoms with E-state index in [1.165, 1.54) is 10.5 Å². The summed E-state index contributed by atoms with van der Waals surface area (Å²) in [6.45, 7) is 5.19. The van der Waals surface area contributed by atoms with Crippen LogP contribution in [0.1, 0.15) is 32.3 Å². The molecule has 3 heteroatoms. The summed E-state index contributed by atoms with van der Waals surface area (Å²) in [5.41, 5.74) is 7.33. The Hall–Kier alpha value is -0.510. The van der Waals surface area contributed by atoms with Gasteiger partial charge in [0.15, 0.2) is 0 Å². The number of hydrogen-bond acceptors (Lipinski definition) is 3. The molecular formula is C16H25NOS. The van der Waals surface area contributed by atoms with Crippen LogP contribution in [0.3, 0.4) is 0 Å². The van der Waals surface area contributed by atoms with Gasteiger partial charge in [-0.1, -0.05) is 32.0 Å². The molecule has 19 heavy (non-hydrogen) atoms. The van der Waals surface area contributed by atoms with Crippen LogP contribution in [0.2, 0.25) is 0 Å². The van der Waals surface area contributed by atoms with Crippen molar-refractivity contribution in [1.29, 1.82) is 0 Å². The molecule has 0 fully saturated rings. The summed E-state index contributed by atoms with van der Waals surface area (Å²) in [5, 5.41) is 10.4. The Labute approximate surface area is 120 Å². The smallest absolute Gasteiger partial charge is 0.0500 e. The molecule has 0 saturated heterocycles. The van der Waals surface area contributed by atoms with E-state index >= 15 is 0 Å². The SMILES string of the molecule is CC(C)CC(CN)(CO)CC1Cc2ccccc2S1. The van der Waals surface area contributed by atoms with Crippen LogP contribution in [0.25, 0.3) is 0 Å². The van der Waals surface area contributed by atoms with Gasteiger partial charge in [0.2, 0.25) is 0 Å². The van der Waals surface area contributed by atoms with Crippen molar-refractivity contribution in [2.24, 2.45) is 17.1 Å². The monoisotopic (exact) mass is 279 g/mol. The highest BCUT2D eigenvalue weighted by atomic mass is 32.2. The van der Waals surface area contributed by atoms with Crippen LogP contribution in [0.4, 0.5) is 0 Å². The molecule has 0 aromatic heterocycles. The number of rotatable bonds is 6. The summed E-state index contributed by atoms with van der Waals surface area (Å²) in [7, 11) is 0. The van der Waals surface area contributed by atoms with E-state index in [4.69, 9.17) is 5.73 Å². The lowest BCUT2D eigenvalue weighted by Crippen LogP contribution is -2.38. The van der Waals surface area contributed by atoms with Gasteiger partial charge in [-0.15, -0.1) is 11.8 Å². The fourth-order valence-electron chi connectivity index (χ4n) is 3.16. The van der Waals surface area contributed by atoms with Crippen molar-refractivity contribution < 1.29 is 5.11 Å². The Balaban J connectivity index is 2.04. The number of thioether (sulfide) groups is 1. The number of aliphatic hydroxyl groups excluding tert-OH is 1. The van der Waals surface area contributed by atoms with E-state index < -0.39 is 0 Å². The lowest BCUT2D eigenvalue weighted by Gasteiger charge is -2.34. The minimum absolute atomic E-state index is 0.103. The van der Waals surface area contributed by atoms with Crippen molar-refractivity contribution in [3.8, 4) is 0 Å². The molecule has 106 valence electrons. The van der Waals surface area contributed by atoms with E-state index in [0.717, 1.165) is 19.3 Å². The number of fused-ring (bicyclic) bond motifs is 1. The average Bonchev–Trinajstić information content (AvgIpc) is 2.79. The van der Waals surface area contributed by atoms with Crippen molar-refractivity contribution in [1.82, 2.24) is 0 Å². The van der Waals surface area contributed by atoms with Gasteiger partial charge in [-0.05, 0) is 36.8 Å². The molecule has 1 aromatic rings. The number of benzene rings is 1. The van der Waals surface area contributed by atoms with E-state index in [0.29, 0.717) is 17.7 Å². The van der Waals surface area contributed by atoms with Gasteiger partial charge in [-0.25, -0.2) is 0 Å². The summed E-state index contributed by atoms with van der Waals surface area (Å²) < 4.78 is 0. The van der Waals surface area contributed by atoms with E-state index in [9.17, 15) is 5.11 Å². The molecule has 0 bridgehead atoms. The molecule has 0 aliphatic carbocycles. The van der Waals surface area contributed by atoms with E-state index in [1.807, 2.05) is 11.8 Å². The molecule has 1 aliphatic heterocycles. The third kappa shape index (κ3) is 3.53. The lowest BCUT2D eigenvalue weighted by molar-refractivity contribution is 0.0983. The number of aliphatic hydroxyl groups is 1. The maximum atomic E-state index is 9.81. The van der Waals surface area contributed by atoms with Gasteiger partial charge in [0, 0.05) is 28.7 Å². The topological polar surface area (TPSA) is 46.2 Å². The second-order valence-corrected chi connectivity index (χ2v) is 7.56. The first-order chi connectivity index (χ1) is 9.08. The van der Waals surface area contributed by atoms with E-state index in [-0.39, 0.29) is 12.0 Å². The standard InChI is InChI=1S/C16H25NOS/c1-12(2)8-16(10-17,11-18)9-14-7-13-5-3-4-6-15(13)19-14/h3-6,12,14,18H,7-11,17H2,1-2H3. The molecule has 0 radical (unpaired) electrons. The van der Waals surface area contributed by atoms with Gasteiger partial charge in [-0.3, -0.25) is 0 Å². The van der Waals surface area contributed by atoms with Crippen molar-refractivity contribution in [2.75, 3.05) is 13.2 Å². The molecular weight excluding hydrogens is 254 g/mol. The van der Waals surface area contributed by atoms with E-state index in [2.05, 4.69) is 38.1 Å². The normalized spacial score (nSPS) is 21.4. The largest absolute Gasteiger partial charge is 0.396 e. The summed E-state index contributed by atoms with van der Waals surface area (Å²) >= 11 is 1.95. The predicted molar refractivity (Wildman–Crippen MR) is 82.4 cm³/mol. The number of nitrogens with two attached hydrogens (primary N) is 1. The quantitative estimate of drug-likeness (QED) is 0.841. The first kappa shape index (κ1) is 14.9. The third-order valence-electron chi connectivity index (χ3n) is 3.98. The Morgan fingerprint density at radius 2 is 2.16 bits per heavy atom. The van der Waals surface area contributed by atoms with Crippen molar-refractivity contribution in [2.45, 2.75) is 43.3 Å². The summed E-state index contributed by atoms with van der Waals surface area (Å²) in [4.78, 5) is 1.40. The average molecular weight is 279 g/mol. The molecule has 3 N–H and O–H groups in total. The highest BCUT2D eigenvalue weighted by molar-refractivity contribution is 8.00. The second kappa shape index (κ2) is 6.29. The van der Waals surface area contributed by atoms with Crippen LogP contribution in [-0.4, -0.2) is 23.5 Å². The highest BCUT2D eigenvalue weighted by Crippen LogP contribution is 2.43. The van der Waals surface area contributed by atoms with Gasteiger partial charge in [0.05, 0.1) is 0 Å². The molecule has 2 atom stereocenters. The first-order valence-electron chi connectivity index (χ1n) is 7.14. The highest BCUT2D eigenvalue weighted by Gasteiger charge is 2.34. The van der Waals surface area contributed by atoms with Crippen LogP contribution in [0, 0.1) is 11.3 Å². The molecule has 2 rings (SSSR count). The third-order valence-corrected chi connectivity index (χ3v) is 5.30. The van der Waals surface area contributed by atoms with Gasteiger partial charge in [0.1, 0.15) is 0 Å². The molecule has 2 nitrogen and oxygen atoms in total. The van der Waals surface area contributed by atoms with Crippen molar-refractivity contribution >= 4 is 11.8 Å². The van der Waals surface area contributed by atoms with Crippen LogP contribution in [-0.2, 0) is 6.42 Å². The van der Waals surface area contributed by atoms with Crippen LogP contribution < -0.4 is 5.73 Å². The van der Waals surface area contributed by atoms with Crippen molar-refractivity contribution in [3.63, 3.8) is 0 Å². The molecule has 2 unspecified atom stereocenters. The maximum Gasteiger partial charge on any atom is 0.0500 e. The van der Waals surface area contributed by atoms with Gasteiger partial charge >= 0.3 is 0 Å². The van der Waals surface area contributed by atoms with Crippen LogP contribution in [0.15, 0.2) is 29.2 Å². The first-order valence-corrected chi connectivity index (χ1v) is 8.02. The molecule has 0 saturated carbocycles. The molecule has 1 aliphatic rings. The zero-order valence-corrected chi connectivity index (χ0v) is 12.7. The van der Waals surface area contributed by atoms with Gasteiger partial charge in [-0.2, -0.15) is 0 Å². The Morgan fingerprint density at radius 3 is 2.74 bits per heavy atom. The lowest BCUT2D eigenvalue weighted by atomic mass is 9.76. The molecule has 0 amide bonds. The fourth-order valence-corrected chi connectivity index (χ4v) is 4.68. The van der Waals surface area contributed by atoms with Gasteiger partial charge < -0.3 is 10.8 Å². The summed E-state index contributed by atoms with van der Waals surface area (Å²) in [5.74, 6) is 0.574. The zero-order chi connectivity index (χ0) is 13.9. The van der Waals surface area contributed by atoms with E-state index in [1.54, 1.807) is 0 Å². The molecule has 1 heterocycles. The second-order valence-electron chi connectivity index (χ2n) is 6.22.